The van der Waals surface area contributed by atoms with Gasteiger partial charge in [-0.2, -0.15) is 0 Å². The normalized spacial score (nSPS) is 9.91. The summed E-state index contributed by atoms with van der Waals surface area (Å²) in [7, 11) is 0. The molecule has 1 N–H and O–H groups in total. The smallest absolute Gasteiger partial charge is 0.307 e. The third kappa shape index (κ3) is 15.2. The summed E-state index contributed by atoms with van der Waals surface area (Å²) in [5.74, 6) is -0.0804. The molecule has 280 valence electrons. The van der Waals surface area contributed by atoms with Crippen LogP contribution < -0.4 is 10.2 Å². The number of amides is 1. The van der Waals surface area contributed by atoms with Gasteiger partial charge in [-0.1, -0.05) is 35.3 Å². The Balaban J connectivity index is 0.000000303. The van der Waals surface area contributed by atoms with E-state index in [4.69, 9.17) is 44.3 Å². The minimum atomic E-state index is -0.750. The van der Waals surface area contributed by atoms with Crippen LogP contribution in [0.1, 0.15) is 47.4 Å². The van der Waals surface area contributed by atoms with Crippen LogP contribution in [0.15, 0.2) is 85.2 Å². The molecular formula is C34H33Cl3N6O10. The van der Waals surface area contributed by atoms with Gasteiger partial charge in [-0.25, -0.2) is 9.97 Å². The van der Waals surface area contributed by atoms with Crippen molar-refractivity contribution in [1.82, 2.24) is 9.97 Å². The lowest BCUT2D eigenvalue weighted by Crippen LogP contribution is -2.34. The molecule has 0 radical (unpaired) electrons. The van der Waals surface area contributed by atoms with E-state index >= 15 is 0 Å². The average Bonchev–Trinajstić information content (AvgIpc) is 3.13. The first-order chi connectivity index (χ1) is 25.3. The molecule has 0 atom stereocenters. The number of nitro groups is 2. The molecule has 16 nitrogen and oxygen atoms in total. The fraction of sp³-hybridized carbons (Fsp3) is 0.235. The highest BCUT2D eigenvalue weighted by Gasteiger charge is 2.23. The summed E-state index contributed by atoms with van der Waals surface area (Å²) in [4.78, 5) is 75.6. The number of hydrogen-bond donors (Lipinski definition) is 1. The van der Waals surface area contributed by atoms with Gasteiger partial charge in [0.25, 0.3) is 22.5 Å². The second-order valence-corrected chi connectivity index (χ2v) is 11.2. The molecule has 2 aromatic carbocycles. The molecule has 4 rings (SSSR count). The number of aromatic nitrogens is 2. The number of ether oxygens (including phenoxy) is 2. The molecule has 0 aliphatic carbocycles. The van der Waals surface area contributed by atoms with Gasteiger partial charge in [-0.3, -0.25) is 44.3 Å². The highest BCUT2D eigenvalue weighted by atomic mass is 35.5. The van der Waals surface area contributed by atoms with E-state index in [1.54, 1.807) is 38.2 Å². The fourth-order valence-electron chi connectivity index (χ4n) is 3.98. The van der Waals surface area contributed by atoms with Crippen molar-refractivity contribution in [3.63, 3.8) is 0 Å². The lowest BCUT2D eigenvalue weighted by atomic mass is 10.1. The number of rotatable bonds is 14. The number of halogens is 3. The van der Waals surface area contributed by atoms with Crippen LogP contribution in [0.3, 0.4) is 0 Å². The average molecular weight is 792 g/mol. The Kier molecular flexibility index (Phi) is 18.8. The number of nitrogens with one attached hydrogen (secondary N) is 1. The van der Waals surface area contributed by atoms with Gasteiger partial charge < -0.3 is 14.8 Å². The molecule has 2 heterocycles. The number of benzene rings is 2. The van der Waals surface area contributed by atoms with Crippen LogP contribution in [0.4, 0.5) is 23.0 Å². The molecule has 0 saturated carbocycles. The molecule has 0 spiro atoms. The van der Waals surface area contributed by atoms with Crippen LogP contribution in [0.2, 0.25) is 10.0 Å². The Hall–Kier alpha value is -5.71. The predicted molar refractivity (Wildman–Crippen MR) is 198 cm³/mol. The number of carbonyl (C=O) groups excluding carboxylic acids is 4. The maximum Gasteiger partial charge on any atom is 0.307 e. The van der Waals surface area contributed by atoms with Gasteiger partial charge >= 0.3 is 11.9 Å². The third-order valence-electron chi connectivity index (χ3n) is 6.38. The highest BCUT2D eigenvalue weighted by Crippen LogP contribution is 2.27. The molecule has 0 aliphatic heterocycles. The Morgan fingerprint density at radius 3 is 1.77 bits per heavy atom. The lowest BCUT2D eigenvalue weighted by molar-refractivity contribution is -0.384. The molecule has 0 unspecified atom stereocenters. The standard InChI is InChI=1S/C17H16ClN3O5.C10H14N2O2.C7H3Cl2NO3/c1-2-26-16(22)8-10-20(15-5-3-4-9-19-15)17(23)12-6-7-13(18)14(11-12)21(24)25;1-2-14-10(13)6-8-12-9-5-3-4-7-11-9;8-5-2-1-4(7(9)11)3-6(5)10(12)13/h3-7,9,11H,2,8,10H2,1H3;3-5,7H,2,6,8H2,1H3,(H,11,12);1-3H. The highest BCUT2D eigenvalue weighted by molar-refractivity contribution is 6.67. The summed E-state index contributed by atoms with van der Waals surface area (Å²) in [6, 6.07) is 18.0. The Labute approximate surface area is 318 Å². The molecule has 1 amide bonds. The van der Waals surface area contributed by atoms with Gasteiger partial charge in [0.15, 0.2) is 0 Å². The summed E-state index contributed by atoms with van der Waals surface area (Å²) in [6.07, 6.45) is 3.53. The molecular weight excluding hydrogens is 759 g/mol. The van der Waals surface area contributed by atoms with E-state index in [-0.39, 0.29) is 58.1 Å². The van der Waals surface area contributed by atoms with Gasteiger partial charge in [0.05, 0.1) is 35.9 Å². The maximum atomic E-state index is 12.9. The predicted octanol–water partition coefficient (Wildman–Crippen LogP) is 7.32. The quantitative estimate of drug-likeness (QED) is 0.0574. The van der Waals surface area contributed by atoms with Gasteiger partial charge in [-0.05, 0) is 74.0 Å². The van der Waals surface area contributed by atoms with Crippen LogP contribution in [0.25, 0.3) is 0 Å². The second kappa shape index (κ2) is 23.0. The van der Waals surface area contributed by atoms with E-state index in [2.05, 4.69) is 15.3 Å². The first-order valence-electron chi connectivity index (χ1n) is 15.6. The molecule has 0 saturated heterocycles. The monoisotopic (exact) mass is 790 g/mol. The molecule has 0 bridgehead atoms. The van der Waals surface area contributed by atoms with Gasteiger partial charge in [0, 0.05) is 48.7 Å². The number of pyridine rings is 2. The van der Waals surface area contributed by atoms with E-state index in [1.165, 1.54) is 35.4 Å². The van der Waals surface area contributed by atoms with Crippen LogP contribution in [-0.4, -0.2) is 69.2 Å². The summed E-state index contributed by atoms with van der Waals surface area (Å²) >= 11 is 16.4. The van der Waals surface area contributed by atoms with E-state index in [0.29, 0.717) is 25.4 Å². The van der Waals surface area contributed by atoms with Crippen molar-refractivity contribution in [2.45, 2.75) is 26.7 Å². The molecule has 2 aromatic heterocycles. The van der Waals surface area contributed by atoms with Gasteiger partial charge in [-0.15, -0.1) is 0 Å². The van der Waals surface area contributed by atoms with E-state index < -0.39 is 27.0 Å². The minimum absolute atomic E-state index is 0.0190. The number of nitrogens with zero attached hydrogens (tertiary/aromatic N) is 5. The van der Waals surface area contributed by atoms with Crippen molar-refractivity contribution in [2.24, 2.45) is 0 Å². The molecule has 0 fully saturated rings. The van der Waals surface area contributed by atoms with Crippen LogP contribution in [0, 0.1) is 20.2 Å². The summed E-state index contributed by atoms with van der Waals surface area (Å²) in [5, 5.41) is 23.6. The zero-order valence-corrected chi connectivity index (χ0v) is 30.5. The summed E-state index contributed by atoms with van der Waals surface area (Å²) < 4.78 is 9.66. The number of anilines is 2. The van der Waals surface area contributed by atoms with Crippen LogP contribution >= 0.6 is 34.8 Å². The third-order valence-corrected chi connectivity index (χ3v) is 7.24. The molecule has 53 heavy (non-hydrogen) atoms. The first kappa shape index (κ1) is 43.5. The van der Waals surface area contributed by atoms with Gasteiger partial charge in [0.1, 0.15) is 21.7 Å². The minimum Gasteiger partial charge on any atom is -0.466 e. The van der Waals surface area contributed by atoms with E-state index in [0.717, 1.165) is 18.0 Å². The summed E-state index contributed by atoms with van der Waals surface area (Å²) in [5.41, 5.74) is -0.578. The second-order valence-electron chi connectivity index (χ2n) is 10.0. The molecule has 4 aromatic rings. The van der Waals surface area contributed by atoms with E-state index in [9.17, 15) is 39.4 Å². The maximum absolute atomic E-state index is 12.9. The zero-order valence-electron chi connectivity index (χ0n) is 28.3. The number of hydrogen-bond acceptors (Lipinski definition) is 13. The number of nitro benzene ring substituents is 2. The number of esters is 2. The van der Waals surface area contributed by atoms with Crippen molar-refractivity contribution < 1.29 is 38.5 Å². The van der Waals surface area contributed by atoms with E-state index in [1.807, 2.05) is 18.2 Å². The van der Waals surface area contributed by atoms with Gasteiger partial charge in [0.2, 0.25) is 0 Å². The topological polar surface area (TPSA) is 214 Å². The van der Waals surface area contributed by atoms with Crippen LogP contribution in [0.5, 0.6) is 0 Å². The largest absolute Gasteiger partial charge is 0.466 e. The lowest BCUT2D eigenvalue weighted by Gasteiger charge is -2.21. The number of carbonyl (C=O) groups is 4. The fourth-order valence-corrected chi connectivity index (χ4v) is 4.47. The zero-order chi connectivity index (χ0) is 39.3. The SMILES string of the molecule is CCOC(=O)CCN(C(=O)c1ccc(Cl)c([N+](=O)[O-])c1)c1ccccn1.CCOC(=O)CCNc1ccccn1.O=C(Cl)c1ccc(Cl)c([N+](=O)[O-])c1. The Bertz CT molecular complexity index is 1870. The molecule has 19 heteroatoms. The Morgan fingerprint density at radius 1 is 0.755 bits per heavy atom. The Morgan fingerprint density at radius 2 is 1.28 bits per heavy atom. The van der Waals surface area contributed by atoms with Crippen LogP contribution in [-0.2, 0) is 19.1 Å². The van der Waals surface area contributed by atoms with Crippen molar-refractivity contribution in [3.05, 3.63) is 127 Å². The van der Waals surface area contributed by atoms with Crippen molar-refractivity contribution in [2.75, 3.05) is 36.5 Å². The van der Waals surface area contributed by atoms with Crippen molar-refractivity contribution in [3.8, 4) is 0 Å². The first-order valence-corrected chi connectivity index (χ1v) is 16.7. The summed E-state index contributed by atoms with van der Waals surface area (Å²) in [6.45, 7) is 4.72. The van der Waals surface area contributed by atoms with Crippen molar-refractivity contribution >= 4 is 80.9 Å². The molecule has 0 aliphatic rings. The van der Waals surface area contributed by atoms with Crippen molar-refractivity contribution in [1.29, 1.82) is 0 Å².